The Morgan fingerprint density at radius 1 is 1.03 bits per heavy atom. The van der Waals surface area contributed by atoms with E-state index in [4.69, 9.17) is 21.4 Å². The number of ether oxygens (including phenoxy) is 1. The van der Waals surface area contributed by atoms with Crippen molar-refractivity contribution in [1.29, 1.82) is 5.26 Å². The molecule has 4 aromatic rings. The summed E-state index contributed by atoms with van der Waals surface area (Å²) < 4.78 is 67.9. The number of hydrogen-bond acceptors (Lipinski definition) is 10. The number of nitriles is 1. The molecule has 0 saturated carbocycles. The van der Waals surface area contributed by atoms with Crippen molar-refractivity contribution in [2.75, 3.05) is 61.0 Å². The van der Waals surface area contributed by atoms with E-state index < -0.39 is 40.5 Å². The summed E-state index contributed by atoms with van der Waals surface area (Å²) in [6.45, 7) is 6.39. The van der Waals surface area contributed by atoms with Gasteiger partial charge in [0.25, 0.3) is 5.91 Å². The van der Waals surface area contributed by atoms with Crippen LogP contribution in [0.5, 0.6) is 5.75 Å². The highest BCUT2D eigenvalue weighted by Crippen LogP contribution is 2.40. The number of imide groups is 1. The smallest absolute Gasteiger partial charge is 0.417 e. The van der Waals surface area contributed by atoms with Crippen LogP contribution in [-0.4, -0.2) is 90.0 Å². The van der Waals surface area contributed by atoms with Crippen LogP contribution in [0.4, 0.5) is 34.6 Å². The fourth-order valence-corrected chi connectivity index (χ4v) is 7.97. The van der Waals surface area contributed by atoms with Crippen molar-refractivity contribution in [2.45, 2.75) is 44.3 Å². The Kier molecular flexibility index (Phi) is 11.0. The first-order chi connectivity index (χ1) is 27.5. The van der Waals surface area contributed by atoms with Crippen LogP contribution in [0, 0.1) is 17.1 Å². The summed E-state index contributed by atoms with van der Waals surface area (Å²) >= 11 is 5.55. The van der Waals surface area contributed by atoms with Crippen molar-refractivity contribution in [1.82, 2.24) is 15.1 Å². The summed E-state index contributed by atoms with van der Waals surface area (Å²) in [5.74, 6) is -2.72. The average molecular weight is 820 g/mol. The third kappa shape index (κ3) is 7.97. The Hall–Kier alpha value is -5.90. The van der Waals surface area contributed by atoms with Crippen LogP contribution in [0.15, 0.2) is 65.3 Å². The molecule has 3 aliphatic rings. The summed E-state index contributed by atoms with van der Waals surface area (Å²) in [5, 5.41) is 15.0. The van der Waals surface area contributed by atoms with E-state index in [0.717, 1.165) is 22.4 Å². The molecule has 4 heterocycles. The average Bonchev–Trinajstić information content (AvgIpc) is 3.66. The van der Waals surface area contributed by atoms with Crippen molar-refractivity contribution >= 4 is 69.0 Å². The second-order valence-corrected chi connectivity index (χ2v) is 15.1. The monoisotopic (exact) mass is 819 g/mol. The normalized spacial score (nSPS) is 19.1. The first kappa shape index (κ1) is 40.3. The number of rotatable bonds is 10. The van der Waals surface area contributed by atoms with Gasteiger partial charge in [-0.1, -0.05) is 0 Å². The molecule has 302 valence electrons. The number of amides is 4. The minimum Gasteiger partial charge on any atom is -0.489 e. The van der Waals surface area contributed by atoms with Gasteiger partial charge >= 0.3 is 6.18 Å². The summed E-state index contributed by atoms with van der Waals surface area (Å²) in [4.78, 5) is 56.8. The Morgan fingerprint density at radius 3 is 2.45 bits per heavy atom. The second-order valence-electron chi connectivity index (χ2n) is 14.7. The van der Waals surface area contributed by atoms with Gasteiger partial charge < -0.3 is 19.4 Å². The number of anilines is 3. The van der Waals surface area contributed by atoms with Crippen molar-refractivity contribution in [2.24, 2.45) is 0 Å². The number of carbonyl (C=O) groups is 4. The predicted octanol–water partition coefficient (Wildman–Crippen LogP) is 5.53. The molecule has 13 nitrogen and oxygen atoms in total. The van der Waals surface area contributed by atoms with E-state index in [1.807, 2.05) is 4.90 Å². The van der Waals surface area contributed by atoms with Crippen molar-refractivity contribution in [3.05, 3.63) is 83.4 Å². The van der Waals surface area contributed by atoms with Crippen molar-refractivity contribution in [3.63, 3.8) is 0 Å². The number of furan rings is 1. The lowest BCUT2D eigenvalue weighted by molar-refractivity contribution is -0.138. The quantitative estimate of drug-likeness (QED) is 0.118. The molecule has 1 atom stereocenters. The van der Waals surface area contributed by atoms with Crippen LogP contribution in [0.1, 0.15) is 49.3 Å². The summed E-state index contributed by atoms with van der Waals surface area (Å²) in [5.41, 5.74) is -1.41. The summed E-state index contributed by atoms with van der Waals surface area (Å²) in [6.07, 6.45) is -2.67. The number of benzene rings is 3. The van der Waals surface area contributed by atoms with Gasteiger partial charge in [-0.15, -0.1) is 0 Å². The lowest BCUT2D eigenvalue weighted by Crippen LogP contribution is -2.49. The number of piperazine rings is 1. The maximum Gasteiger partial charge on any atom is 0.417 e. The molecular formula is C40H37F4N7O6S. The van der Waals surface area contributed by atoms with E-state index in [-0.39, 0.29) is 59.5 Å². The molecule has 58 heavy (non-hydrogen) atoms. The SMILES string of the molecule is CC1(C)C(=O)N(c2ccc(C#N)c(C(F)(F)F)c2)C(=S)N1c1ccc(OCCN2CCN(CC(=O)Nc3ccc4c(C5CCC(=O)NC5=O)coc4c3)CC2)c(F)c1. The van der Waals surface area contributed by atoms with Gasteiger partial charge in [-0.05, 0) is 75.0 Å². The highest BCUT2D eigenvalue weighted by Gasteiger charge is 2.51. The van der Waals surface area contributed by atoms with E-state index in [1.54, 1.807) is 18.2 Å². The molecule has 4 amide bonds. The molecule has 0 spiro atoms. The fraction of sp³-hybridized carbons (Fsp3) is 0.350. The van der Waals surface area contributed by atoms with Gasteiger partial charge in [-0.2, -0.15) is 18.4 Å². The molecule has 3 aromatic carbocycles. The van der Waals surface area contributed by atoms with Gasteiger partial charge in [-0.3, -0.25) is 39.2 Å². The van der Waals surface area contributed by atoms with Gasteiger partial charge in [0.1, 0.15) is 17.7 Å². The minimum absolute atomic E-state index is 0.0352. The number of carbonyl (C=O) groups excluding carboxylic acids is 4. The lowest BCUT2D eigenvalue weighted by Gasteiger charge is -2.34. The van der Waals surface area contributed by atoms with Crippen LogP contribution < -0.4 is 25.2 Å². The topological polar surface area (TPSA) is 151 Å². The second kappa shape index (κ2) is 15.8. The molecule has 1 unspecified atom stereocenters. The fourth-order valence-electron chi connectivity index (χ4n) is 7.45. The number of fused-ring (bicyclic) bond motifs is 1. The zero-order chi connectivity index (χ0) is 41.5. The van der Waals surface area contributed by atoms with Gasteiger partial charge in [0.2, 0.25) is 17.7 Å². The van der Waals surface area contributed by atoms with Gasteiger partial charge in [0, 0.05) is 73.6 Å². The van der Waals surface area contributed by atoms with Gasteiger partial charge in [0.05, 0.1) is 41.6 Å². The molecule has 1 aromatic heterocycles. The molecule has 3 aliphatic heterocycles. The van der Waals surface area contributed by atoms with Crippen LogP contribution in [-0.2, 0) is 25.4 Å². The Labute approximate surface area is 335 Å². The minimum atomic E-state index is -4.84. The molecule has 18 heteroatoms. The lowest BCUT2D eigenvalue weighted by atomic mass is 9.90. The number of alkyl halides is 3. The van der Waals surface area contributed by atoms with Crippen LogP contribution in [0.2, 0.25) is 0 Å². The number of thiocarbonyl (C=S) groups is 1. The zero-order valence-corrected chi connectivity index (χ0v) is 32.1. The molecule has 7 rings (SSSR count). The first-order valence-corrected chi connectivity index (χ1v) is 18.8. The third-order valence-corrected chi connectivity index (χ3v) is 10.9. The predicted molar refractivity (Wildman–Crippen MR) is 208 cm³/mol. The maximum atomic E-state index is 15.4. The number of hydrogen-bond donors (Lipinski definition) is 2. The van der Waals surface area contributed by atoms with E-state index in [2.05, 4.69) is 15.5 Å². The van der Waals surface area contributed by atoms with Gasteiger partial charge in [0.15, 0.2) is 16.7 Å². The number of nitrogens with one attached hydrogen (secondary N) is 2. The van der Waals surface area contributed by atoms with Crippen LogP contribution in [0.25, 0.3) is 11.0 Å². The molecule has 3 saturated heterocycles. The van der Waals surface area contributed by atoms with Crippen LogP contribution >= 0.6 is 12.2 Å². The Bertz CT molecular complexity index is 2370. The van der Waals surface area contributed by atoms with Crippen molar-refractivity contribution in [3.8, 4) is 11.8 Å². The molecular weight excluding hydrogens is 783 g/mol. The summed E-state index contributed by atoms with van der Waals surface area (Å²) in [7, 11) is 0. The molecule has 0 bridgehead atoms. The van der Waals surface area contributed by atoms with E-state index >= 15 is 4.39 Å². The molecule has 0 radical (unpaired) electrons. The number of nitrogens with zero attached hydrogens (tertiary/aromatic N) is 5. The standard InChI is InChI=1S/C40H37F4N7O6S/c1-39(2)37(55)50(25-5-3-23(20-45)30(18-25)40(42,43)44)38(58)51(39)26-6-9-32(31(41)19-26)56-16-15-48-11-13-49(14-12-48)21-35(53)46-24-4-7-27-29(22-57-33(27)17-24)28-8-10-34(52)47-36(28)54/h3-7,9,17-19,22,28H,8,10-16,21H2,1-2H3,(H,46,53)(H,47,52,54). The molecule has 3 fully saturated rings. The van der Waals surface area contributed by atoms with E-state index in [1.165, 1.54) is 49.3 Å². The van der Waals surface area contributed by atoms with E-state index in [0.29, 0.717) is 62.0 Å². The number of halogens is 4. The van der Waals surface area contributed by atoms with E-state index in [9.17, 15) is 37.6 Å². The Balaban J connectivity index is 0.888. The number of piperidine rings is 1. The van der Waals surface area contributed by atoms with Crippen molar-refractivity contribution < 1.29 is 45.9 Å². The third-order valence-electron chi connectivity index (χ3n) is 10.5. The Morgan fingerprint density at radius 2 is 1.76 bits per heavy atom. The van der Waals surface area contributed by atoms with Gasteiger partial charge in [-0.25, -0.2) is 4.39 Å². The highest BCUT2D eigenvalue weighted by molar-refractivity contribution is 7.81. The van der Waals surface area contributed by atoms with Crippen LogP contribution in [0.3, 0.4) is 0 Å². The maximum absolute atomic E-state index is 15.4. The first-order valence-electron chi connectivity index (χ1n) is 18.4. The largest absolute Gasteiger partial charge is 0.489 e. The highest BCUT2D eigenvalue weighted by atomic mass is 32.1. The molecule has 0 aliphatic carbocycles. The summed E-state index contributed by atoms with van der Waals surface area (Å²) in [6, 6.07) is 13.7. The zero-order valence-electron chi connectivity index (χ0n) is 31.3. The molecule has 2 N–H and O–H groups in total.